The standard InChI is InChI=1S/C15H30N2O/c1-18-13-7-8-14(16)15(9-3-4-10-15)17-11-5-2-6-12-17/h14H,2-13,16H2,1H3. The van der Waals surface area contributed by atoms with Gasteiger partial charge in [-0.2, -0.15) is 0 Å². The quantitative estimate of drug-likeness (QED) is 0.740. The fraction of sp³-hybridized carbons (Fsp3) is 1.00. The van der Waals surface area contributed by atoms with Crippen LogP contribution in [-0.2, 0) is 4.74 Å². The van der Waals surface area contributed by atoms with Crippen molar-refractivity contribution in [2.24, 2.45) is 5.73 Å². The molecule has 18 heavy (non-hydrogen) atoms. The molecule has 1 aliphatic heterocycles. The molecule has 2 aliphatic rings. The van der Waals surface area contributed by atoms with Gasteiger partial charge in [-0.1, -0.05) is 19.3 Å². The highest BCUT2D eigenvalue weighted by Crippen LogP contribution is 2.40. The van der Waals surface area contributed by atoms with E-state index in [1.807, 2.05) is 0 Å². The van der Waals surface area contributed by atoms with Gasteiger partial charge in [-0.05, 0) is 51.6 Å². The molecular weight excluding hydrogens is 224 g/mol. The van der Waals surface area contributed by atoms with Crippen molar-refractivity contribution in [2.75, 3.05) is 26.8 Å². The number of ether oxygens (including phenoxy) is 1. The third kappa shape index (κ3) is 3.06. The third-order valence-electron chi connectivity index (χ3n) is 5.01. The Balaban J connectivity index is 1.96. The Hall–Kier alpha value is -0.120. The first-order valence-electron chi connectivity index (χ1n) is 7.79. The fourth-order valence-corrected chi connectivity index (χ4v) is 3.96. The first-order valence-corrected chi connectivity index (χ1v) is 7.79. The normalized spacial score (nSPS) is 26.3. The number of methoxy groups -OCH3 is 1. The molecule has 0 aromatic rings. The Labute approximate surface area is 112 Å². The van der Waals surface area contributed by atoms with Crippen LogP contribution in [-0.4, -0.2) is 43.3 Å². The molecule has 1 aliphatic carbocycles. The minimum atomic E-state index is 0.328. The van der Waals surface area contributed by atoms with Gasteiger partial charge in [0.25, 0.3) is 0 Å². The zero-order chi connectivity index (χ0) is 12.8. The van der Waals surface area contributed by atoms with Crippen molar-refractivity contribution in [3.63, 3.8) is 0 Å². The maximum absolute atomic E-state index is 6.59. The summed E-state index contributed by atoms with van der Waals surface area (Å²) in [5.41, 5.74) is 6.92. The molecule has 1 saturated heterocycles. The molecule has 3 nitrogen and oxygen atoms in total. The van der Waals surface area contributed by atoms with E-state index in [1.54, 1.807) is 7.11 Å². The van der Waals surface area contributed by atoms with Crippen LogP contribution in [0.1, 0.15) is 57.8 Å². The second-order valence-corrected chi connectivity index (χ2v) is 6.10. The number of rotatable bonds is 6. The molecule has 2 fully saturated rings. The van der Waals surface area contributed by atoms with Crippen LogP contribution in [0.25, 0.3) is 0 Å². The van der Waals surface area contributed by atoms with Gasteiger partial charge < -0.3 is 10.5 Å². The van der Waals surface area contributed by atoms with Crippen molar-refractivity contribution in [1.29, 1.82) is 0 Å². The smallest absolute Gasteiger partial charge is 0.0462 e. The number of likely N-dealkylation sites (tertiary alicyclic amines) is 1. The van der Waals surface area contributed by atoms with E-state index in [-0.39, 0.29) is 0 Å². The SMILES string of the molecule is COCCCC(N)C1(N2CCCCC2)CCCC1. The topological polar surface area (TPSA) is 38.5 Å². The number of nitrogens with two attached hydrogens (primary N) is 1. The Morgan fingerprint density at radius 2 is 1.78 bits per heavy atom. The van der Waals surface area contributed by atoms with Crippen LogP contribution in [0, 0.1) is 0 Å². The predicted molar refractivity (Wildman–Crippen MR) is 75.7 cm³/mol. The Morgan fingerprint density at radius 1 is 1.11 bits per heavy atom. The second kappa shape index (κ2) is 6.88. The predicted octanol–water partition coefficient (Wildman–Crippen LogP) is 2.54. The van der Waals surface area contributed by atoms with Gasteiger partial charge in [-0.25, -0.2) is 0 Å². The Morgan fingerprint density at radius 3 is 2.39 bits per heavy atom. The highest BCUT2D eigenvalue weighted by atomic mass is 16.5. The van der Waals surface area contributed by atoms with Crippen LogP contribution in [0.5, 0.6) is 0 Å². The zero-order valence-electron chi connectivity index (χ0n) is 12.0. The lowest BCUT2D eigenvalue weighted by atomic mass is 9.83. The molecule has 106 valence electrons. The lowest BCUT2D eigenvalue weighted by molar-refractivity contribution is 0.0430. The highest BCUT2D eigenvalue weighted by molar-refractivity contribution is 5.02. The number of hydrogen-bond donors (Lipinski definition) is 1. The average Bonchev–Trinajstić information content (AvgIpc) is 2.90. The first kappa shape index (κ1) is 14.3. The summed E-state index contributed by atoms with van der Waals surface area (Å²) in [6.07, 6.45) is 11.7. The molecular formula is C15H30N2O. The molecule has 0 aromatic carbocycles. The van der Waals surface area contributed by atoms with Crippen LogP contribution in [0.3, 0.4) is 0 Å². The van der Waals surface area contributed by atoms with Gasteiger partial charge in [-0.15, -0.1) is 0 Å². The van der Waals surface area contributed by atoms with Crippen LogP contribution < -0.4 is 5.73 Å². The molecule has 1 saturated carbocycles. The summed E-state index contributed by atoms with van der Waals surface area (Å²) < 4.78 is 5.16. The van der Waals surface area contributed by atoms with Crippen LogP contribution in [0.4, 0.5) is 0 Å². The Kier molecular flexibility index (Phi) is 5.46. The van der Waals surface area contributed by atoms with Crippen molar-refractivity contribution in [2.45, 2.75) is 69.4 Å². The van der Waals surface area contributed by atoms with Gasteiger partial charge in [0.15, 0.2) is 0 Å². The van der Waals surface area contributed by atoms with E-state index >= 15 is 0 Å². The van der Waals surface area contributed by atoms with Crippen molar-refractivity contribution < 1.29 is 4.74 Å². The highest BCUT2D eigenvalue weighted by Gasteiger charge is 2.44. The molecule has 1 unspecified atom stereocenters. The molecule has 0 aromatic heterocycles. The van der Waals surface area contributed by atoms with Gasteiger partial charge in [0.2, 0.25) is 0 Å². The molecule has 0 radical (unpaired) electrons. The zero-order valence-corrected chi connectivity index (χ0v) is 12.0. The van der Waals surface area contributed by atoms with Gasteiger partial charge in [0.1, 0.15) is 0 Å². The molecule has 3 heteroatoms. The molecule has 2 rings (SSSR count). The summed E-state index contributed by atoms with van der Waals surface area (Å²) in [5.74, 6) is 0. The van der Waals surface area contributed by atoms with E-state index in [4.69, 9.17) is 10.5 Å². The van der Waals surface area contributed by atoms with Gasteiger partial charge >= 0.3 is 0 Å². The Bertz CT molecular complexity index is 233. The van der Waals surface area contributed by atoms with Crippen molar-refractivity contribution >= 4 is 0 Å². The molecule has 0 spiro atoms. The van der Waals surface area contributed by atoms with Gasteiger partial charge in [-0.3, -0.25) is 4.90 Å². The third-order valence-corrected chi connectivity index (χ3v) is 5.01. The van der Waals surface area contributed by atoms with Gasteiger partial charge in [0, 0.05) is 25.3 Å². The molecule has 1 heterocycles. The molecule has 1 atom stereocenters. The van der Waals surface area contributed by atoms with Crippen LogP contribution in [0.2, 0.25) is 0 Å². The van der Waals surface area contributed by atoms with Crippen LogP contribution >= 0.6 is 0 Å². The summed E-state index contributed by atoms with van der Waals surface area (Å²) in [7, 11) is 1.78. The molecule has 2 N–H and O–H groups in total. The summed E-state index contributed by atoms with van der Waals surface area (Å²) in [6.45, 7) is 3.40. The second-order valence-electron chi connectivity index (χ2n) is 6.10. The summed E-state index contributed by atoms with van der Waals surface area (Å²) in [6, 6.07) is 0.341. The van der Waals surface area contributed by atoms with E-state index in [2.05, 4.69) is 4.90 Å². The minimum absolute atomic E-state index is 0.328. The monoisotopic (exact) mass is 254 g/mol. The van der Waals surface area contributed by atoms with E-state index in [1.165, 1.54) is 58.0 Å². The molecule has 0 amide bonds. The van der Waals surface area contributed by atoms with Crippen molar-refractivity contribution in [3.8, 4) is 0 Å². The minimum Gasteiger partial charge on any atom is -0.385 e. The molecule has 0 bridgehead atoms. The lowest BCUT2D eigenvalue weighted by Crippen LogP contribution is -2.59. The van der Waals surface area contributed by atoms with Crippen molar-refractivity contribution in [3.05, 3.63) is 0 Å². The van der Waals surface area contributed by atoms with E-state index < -0.39 is 0 Å². The number of hydrogen-bond acceptors (Lipinski definition) is 3. The lowest BCUT2D eigenvalue weighted by Gasteiger charge is -2.47. The number of nitrogens with zero attached hydrogens (tertiary/aromatic N) is 1. The summed E-state index contributed by atoms with van der Waals surface area (Å²) in [5, 5.41) is 0. The fourth-order valence-electron chi connectivity index (χ4n) is 3.96. The average molecular weight is 254 g/mol. The maximum atomic E-state index is 6.59. The number of piperidine rings is 1. The summed E-state index contributed by atoms with van der Waals surface area (Å²) in [4.78, 5) is 2.74. The summed E-state index contributed by atoms with van der Waals surface area (Å²) >= 11 is 0. The van der Waals surface area contributed by atoms with Crippen LogP contribution in [0.15, 0.2) is 0 Å². The van der Waals surface area contributed by atoms with Crippen molar-refractivity contribution in [1.82, 2.24) is 4.90 Å². The van der Waals surface area contributed by atoms with E-state index in [9.17, 15) is 0 Å². The van der Waals surface area contributed by atoms with E-state index in [0.29, 0.717) is 11.6 Å². The first-order chi connectivity index (χ1) is 8.79. The van der Waals surface area contributed by atoms with Gasteiger partial charge in [0.05, 0.1) is 0 Å². The van der Waals surface area contributed by atoms with E-state index in [0.717, 1.165) is 19.4 Å². The largest absolute Gasteiger partial charge is 0.385 e. The maximum Gasteiger partial charge on any atom is 0.0462 e.